The van der Waals surface area contributed by atoms with Crippen molar-refractivity contribution in [2.45, 2.75) is 18.6 Å². The minimum absolute atomic E-state index is 0.198. The van der Waals surface area contributed by atoms with Gasteiger partial charge in [-0.1, -0.05) is 42.5 Å². The normalized spacial score (nSPS) is 18.4. The Morgan fingerprint density at radius 2 is 1.70 bits per heavy atom. The molecule has 0 amide bonds. The molecule has 0 fully saturated rings. The first kappa shape index (κ1) is 15.9. The highest BCUT2D eigenvalue weighted by Crippen LogP contribution is 2.35. The van der Waals surface area contributed by atoms with Crippen molar-refractivity contribution in [3.8, 4) is 11.5 Å². The van der Waals surface area contributed by atoms with E-state index in [-0.39, 0.29) is 6.04 Å². The number of benzene rings is 2. The highest BCUT2D eigenvalue weighted by molar-refractivity contribution is 5.90. The van der Waals surface area contributed by atoms with Gasteiger partial charge in [0.2, 0.25) is 0 Å². The molecule has 4 aromatic rings. The van der Waals surface area contributed by atoms with Crippen molar-refractivity contribution < 1.29 is 5.11 Å². The van der Waals surface area contributed by atoms with Gasteiger partial charge in [0.15, 0.2) is 5.82 Å². The van der Waals surface area contributed by atoms with Gasteiger partial charge in [0, 0.05) is 18.0 Å². The summed E-state index contributed by atoms with van der Waals surface area (Å²) in [7, 11) is 0. The van der Waals surface area contributed by atoms with Crippen molar-refractivity contribution >= 4 is 16.7 Å². The number of pyridine rings is 1. The van der Waals surface area contributed by atoms with Crippen LogP contribution in [-0.4, -0.2) is 26.2 Å². The summed E-state index contributed by atoms with van der Waals surface area (Å²) in [6, 6.07) is 21.5. The third-order valence-corrected chi connectivity index (χ3v) is 4.99. The topological polar surface area (TPSA) is 70.9 Å². The quantitative estimate of drug-likeness (QED) is 0.586. The van der Waals surface area contributed by atoms with Crippen molar-refractivity contribution in [3.05, 3.63) is 84.1 Å². The summed E-state index contributed by atoms with van der Waals surface area (Å²) in [6.07, 6.45) is 1.89. The van der Waals surface area contributed by atoms with Crippen LogP contribution in [0.1, 0.15) is 17.2 Å². The fraction of sp³-hybridized carbons (Fsp3) is 0.136. The molecule has 0 saturated carbocycles. The number of fused-ring (bicyclic) bond motifs is 2. The Kier molecular flexibility index (Phi) is 3.80. The van der Waals surface area contributed by atoms with E-state index < -0.39 is 6.10 Å². The van der Waals surface area contributed by atoms with Crippen LogP contribution in [0.15, 0.2) is 72.9 Å². The molecule has 1 aliphatic rings. The molecule has 2 N–H and O–H groups in total. The molecule has 2 aromatic carbocycles. The number of nitrogens with zero attached hydrogens (tertiary/aromatic N) is 3. The van der Waals surface area contributed by atoms with Crippen LogP contribution < -0.4 is 5.32 Å². The maximum Gasteiger partial charge on any atom is 0.180 e. The highest BCUT2D eigenvalue weighted by atomic mass is 16.3. The first-order valence-electron chi connectivity index (χ1n) is 9.00. The third kappa shape index (κ3) is 2.82. The molecule has 5 rings (SSSR count). The number of anilines is 1. The molecule has 27 heavy (non-hydrogen) atoms. The fourth-order valence-electron chi connectivity index (χ4n) is 3.69. The molecule has 2 aromatic heterocycles. The molecule has 0 radical (unpaired) electrons. The Bertz CT molecular complexity index is 1110. The van der Waals surface area contributed by atoms with Crippen LogP contribution in [-0.2, 0) is 6.42 Å². The van der Waals surface area contributed by atoms with Gasteiger partial charge < -0.3 is 10.4 Å². The van der Waals surface area contributed by atoms with Gasteiger partial charge in [-0.3, -0.25) is 4.98 Å². The van der Waals surface area contributed by atoms with Gasteiger partial charge in [0.05, 0.1) is 17.7 Å². The summed E-state index contributed by atoms with van der Waals surface area (Å²) in [5, 5.41) is 15.0. The molecule has 5 nitrogen and oxygen atoms in total. The Morgan fingerprint density at radius 1 is 0.889 bits per heavy atom. The number of aliphatic hydroxyl groups excluding tert-OH is 1. The van der Waals surface area contributed by atoms with Crippen LogP contribution in [0.2, 0.25) is 0 Å². The third-order valence-electron chi connectivity index (χ3n) is 4.99. The number of hydrogen-bond donors (Lipinski definition) is 2. The van der Waals surface area contributed by atoms with E-state index in [9.17, 15) is 5.11 Å². The van der Waals surface area contributed by atoms with E-state index in [1.807, 2.05) is 54.6 Å². The Balaban J connectivity index is 1.62. The molecule has 2 heterocycles. The van der Waals surface area contributed by atoms with Crippen LogP contribution in [0, 0.1) is 0 Å². The van der Waals surface area contributed by atoms with E-state index in [0.717, 1.165) is 22.2 Å². The predicted molar refractivity (Wildman–Crippen MR) is 105 cm³/mol. The summed E-state index contributed by atoms with van der Waals surface area (Å²) in [5.41, 5.74) is 3.85. The average Bonchev–Trinajstić information content (AvgIpc) is 3.04. The number of aromatic nitrogens is 3. The maximum absolute atomic E-state index is 10.6. The minimum Gasteiger partial charge on any atom is -0.390 e. The predicted octanol–water partition coefficient (Wildman–Crippen LogP) is 3.76. The number of para-hydroxylation sites is 1. The van der Waals surface area contributed by atoms with Crippen molar-refractivity contribution in [1.29, 1.82) is 0 Å². The van der Waals surface area contributed by atoms with E-state index >= 15 is 0 Å². The summed E-state index contributed by atoms with van der Waals surface area (Å²) in [6.45, 7) is 0. The lowest BCUT2D eigenvalue weighted by Gasteiger charge is -2.20. The molecule has 1 aliphatic carbocycles. The monoisotopic (exact) mass is 354 g/mol. The first-order valence-corrected chi connectivity index (χ1v) is 9.00. The zero-order chi connectivity index (χ0) is 18.2. The van der Waals surface area contributed by atoms with Crippen LogP contribution >= 0.6 is 0 Å². The van der Waals surface area contributed by atoms with E-state index in [1.54, 1.807) is 6.20 Å². The highest BCUT2D eigenvalue weighted by Gasteiger charge is 2.31. The molecule has 132 valence electrons. The van der Waals surface area contributed by atoms with Crippen molar-refractivity contribution in [3.63, 3.8) is 0 Å². The molecular formula is C22H18N4O. The Hall–Kier alpha value is -3.31. The second kappa shape index (κ2) is 6.45. The molecule has 0 aliphatic heterocycles. The van der Waals surface area contributed by atoms with E-state index in [4.69, 9.17) is 4.98 Å². The van der Waals surface area contributed by atoms with Crippen LogP contribution in [0.5, 0.6) is 0 Å². The zero-order valence-electron chi connectivity index (χ0n) is 14.6. The van der Waals surface area contributed by atoms with Gasteiger partial charge in [-0.25, -0.2) is 9.97 Å². The van der Waals surface area contributed by atoms with Crippen LogP contribution in [0.3, 0.4) is 0 Å². The first-order chi connectivity index (χ1) is 13.3. The lowest BCUT2D eigenvalue weighted by atomic mass is 10.1. The zero-order valence-corrected chi connectivity index (χ0v) is 14.6. The van der Waals surface area contributed by atoms with Gasteiger partial charge >= 0.3 is 0 Å². The van der Waals surface area contributed by atoms with Gasteiger partial charge in [0.25, 0.3) is 0 Å². The summed E-state index contributed by atoms with van der Waals surface area (Å²) >= 11 is 0. The van der Waals surface area contributed by atoms with Crippen LogP contribution in [0.4, 0.5) is 5.82 Å². The van der Waals surface area contributed by atoms with E-state index in [0.29, 0.717) is 18.1 Å². The summed E-state index contributed by atoms with van der Waals surface area (Å²) in [4.78, 5) is 13.8. The number of hydrogen-bond acceptors (Lipinski definition) is 5. The molecule has 0 saturated heterocycles. The largest absolute Gasteiger partial charge is 0.390 e. The van der Waals surface area contributed by atoms with Gasteiger partial charge in [-0.2, -0.15) is 0 Å². The summed E-state index contributed by atoms with van der Waals surface area (Å²) in [5.74, 6) is 1.28. The molecular weight excluding hydrogens is 336 g/mol. The van der Waals surface area contributed by atoms with Gasteiger partial charge in [-0.15, -0.1) is 0 Å². The van der Waals surface area contributed by atoms with Crippen molar-refractivity contribution in [1.82, 2.24) is 15.0 Å². The maximum atomic E-state index is 10.6. The Morgan fingerprint density at radius 3 is 2.59 bits per heavy atom. The standard InChI is InChI=1S/C22H18N4O/c27-19-13-14-7-1-2-8-15(14)20(19)25-21-16-9-3-4-10-17(16)24-22(26-21)18-11-5-6-12-23-18/h1-12,19-20,27H,13H2,(H,24,25,26)/t19-,20+/m1/s1. The Labute approximate surface area is 156 Å². The fourth-order valence-corrected chi connectivity index (χ4v) is 3.69. The average molecular weight is 354 g/mol. The lowest BCUT2D eigenvalue weighted by Crippen LogP contribution is -2.22. The van der Waals surface area contributed by atoms with Crippen molar-refractivity contribution in [2.24, 2.45) is 0 Å². The molecule has 2 atom stereocenters. The molecule has 0 spiro atoms. The van der Waals surface area contributed by atoms with E-state index in [1.165, 1.54) is 5.56 Å². The minimum atomic E-state index is -0.491. The summed E-state index contributed by atoms with van der Waals surface area (Å²) < 4.78 is 0. The van der Waals surface area contributed by atoms with Gasteiger partial charge in [-0.05, 0) is 35.4 Å². The second-order valence-electron chi connectivity index (χ2n) is 6.72. The van der Waals surface area contributed by atoms with Crippen molar-refractivity contribution in [2.75, 3.05) is 5.32 Å². The molecule has 5 heteroatoms. The SMILES string of the molecule is O[C@@H]1Cc2ccccc2[C@@H]1Nc1nc(-c2ccccn2)nc2ccccc12. The number of rotatable bonds is 3. The lowest BCUT2D eigenvalue weighted by molar-refractivity contribution is 0.165. The van der Waals surface area contributed by atoms with E-state index in [2.05, 4.69) is 27.4 Å². The second-order valence-corrected chi connectivity index (χ2v) is 6.72. The smallest absolute Gasteiger partial charge is 0.180 e. The number of nitrogens with one attached hydrogen (secondary N) is 1. The van der Waals surface area contributed by atoms with Crippen LogP contribution in [0.25, 0.3) is 22.4 Å². The van der Waals surface area contributed by atoms with Gasteiger partial charge in [0.1, 0.15) is 11.5 Å². The molecule has 0 bridgehead atoms. The molecule has 0 unspecified atom stereocenters. The number of aliphatic hydroxyl groups is 1.